The molecule has 0 aliphatic heterocycles. The molecule has 0 radical (unpaired) electrons. The standard InChI is InChI=1S/C8H6BrN3O2/c9-5-1-2-6-10-11-7(3-8(13)14)12(6)4-5/h1-2,4H,3H2,(H,13,14). The number of pyridine rings is 1. The molecule has 2 heterocycles. The number of nitrogens with zero attached hydrogens (tertiary/aromatic N) is 3. The van der Waals surface area contributed by atoms with E-state index in [0.29, 0.717) is 11.5 Å². The average Bonchev–Trinajstić information content (AvgIpc) is 2.47. The summed E-state index contributed by atoms with van der Waals surface area (Å²) in [6, 6.07) is 3.59. The number of halogens is 1. The Balaban J connectivity index is 2.55. The Labute approximate surface area is 87.5 Å². The predicted molar refractivity (Wildman–Crippen MR) is 52.0 cm³/mol. The second-order valence-electron chi connectivity index (χ2n) is 2.76. The summed E-state index contributed by atoms with van der Waals surface area (Å²) in [5, 5.41) is 16.3. The minimum atomic E-state index is -0.917. The molecule has 0 bridgehead atoms. The molecule has 14 heavy (non-hydrogen) atoms. The summed E-state index contributed by atoms with van der Waals surface area (Å²) in [7, 11) is 0. The minimum Gasteiger partial charge on any atom is -0.481 e. The van der Waals surface area contributed by atoms with Crippen LogP contribution in [0.5, 0.6) is 0 Å². The van der Waals surface area contributed by atoms with Gasteiger partial charge in [-0.25, -0.2) is 0 Å². The van der Waals surface area contributed by atoms with Gasteiger partial charge in [-0.3, -0.25) is 9.20 Å². The molecule has 0 amide bonds. The number of aromatic nitrogens is 3. The first-order chi connectivity index (χ1) is 6.66. The van der Waals surface area contributed by atoms with Crippen molar-refractivity contribution in [2.75, 3.05) is 0 Å². The van der Waals surface area contributed by atoms with Crippen LogP contribution in [-0.2, 0) is 11.2 Å². The van der Waals surface area contributed by atoms with Crippen molar-refractivity contribution in [1.29, 1.82) is 0 Å². The smallest absolute Gasteiger partial charge is 0.311 e. The van der Waals surface area contributed by atoms with Crippen molar-refractivity contribution in [3.8, 4) is 0 Å². The molecule has 1 N–H and O–H groups in total. The summed E-state index contributed by atoms with van der Waals surface area (Å²) in [4.78, 5) is 10.5. The van der Waals surface area contributed by atoms with Gasteiger partial charge in [0.25, 0.3) is 0 Å². The lowest BCUT2D eigenvalue weighted by Crippen LogP contribution is -2.04. The number of hydrogen-bond donors (Lipinski definition) is 1. The molecular weight excluding hydrogens is 250 g/mol. The summed E-state index contributed by atoms with van der Waals surface area (Å²) in [5.74, 6) is -0.493. The maximum atomic E-state index is 10.5. The highest BCUT2D eigenvalue weighted by Gasteiger charge is 2.08. The zero-order chi connectivity index (χ0) is 10.1. The summed E-state index contributed by atoms with van der Waals surface area (Å²) in [6.07, 6.45) is 1.62. The van der Waals surface area contributed by atoms with Crippen LogP contribution in [0.4, 0.5) is 0 Å². The molecule has 0 aliphatic carbocycles. The Kier molecular flexibility index (Phi) is 2.20. The Morgan fingerprint density at radius 1 is 1.50 bits per heavy atom. The van der Waals surface area contributed by atoms with E-state index in [1.165, 1.54) is 0 Å². The quantitative estimate of drug-likeness (QED) is 0.874. The van der Waals surface area contributed by atoms with E-state index in [1.54, 1.807) is 16.7 Å². The number of carbonyl (C=O) groups is 1. The van der Waals surface area contributed by atoms with Gasteiger partial charge in [0.15, 0.2) is 5.65 Å². The van der Waals surface area contributed by atoms with Crippen molar-refractivity contribution in [2.45, 2.75) is 6.42 Å². The molecule has 0 fully saturated rings. The highest BCUT2D eigenvalue weighted by molar-refractivity contribution is 9.10. The highest BCUT2D eigenvalue weighted by atomic mass is 79.9. The molecule has 0 unspecified atom stereocenters. The molecule has 6 heteroatoms. The van der Waals surface area contributed by atoms with Gasteiger partial charge in [0.1, 0.15) is 12.2 Å². The van der Waals surface area contributed by atoms with Crippen LogP contribution in [0.1, 0.15) is 5.82 Å². The Morgan fingerprint density at radius 3 is 3.00 bits per heavy atom. The van der Waals surface area contributed by atoms with Gasteiger partial charge in [0.05, 0.1) is 0 Å². The van der Waals surface area contributed by atoms with Gasteiger partial charge in [-0.15, -0.1) is 10.2 Å². The SMILES string of the molecule is O=C(O)Cc1nnc2ccc(Br)cn12. The number of hydrogen-bond acceptors (Lipinski definition) is 3. The lowest BCUT2D eigenvalue weighted by molar-refractivity contribution is -0.136. The Bertz CT molecular complexity index is 494. The average molecular weight is 256 g/mol. The maximum absolute atomic E-state index is 10.5. The monoisotopic (exact) mass is 255 g/mol. The van der Waals surface area contributed by atoms with E-state index < -0.39 is 5.97 Å². The van der Waals surface area contributed by atoms with Gasteiger partial charge in [0.2, 0.25) is 0 Å². The van der Waals surface area contributed by atoms with E-state index in [9.17, 15) is 4.79 Å². The number of carboxylic acids is 1. The molecule has 2 aromatic heterocycles. The largest absolute Gasteiger partial charge is 0.481 e. The zero-order valence-electron chi connectivity index (χ0n) is 7.01. The van der Waals surface area contributed by atoms with Gasteiger partial charge >= 0.3 is 5.97 Å². The van der Waals surface area contributed by atoms with Crippen LogP contribution < -0.4 is 0 Å². The topological polar surface area (TPSA) is 67.5 Å². The van der Waals surface area contributed by atoms with Crippen LogP contribution in [0.25, 0.3) is 5.65 Å². The van der Waals surface area contributed by atoms with E-state index in [0.717, 1.165) is 4.47 Å². The summed E-state index contributed by atoms with van der Waals surface area (Å²) < 4.78 is 2.51. The molecule has 0 saturated heterocycles. The van der Waals surface area contributed by atoms with Crippen molar-refractivity contribution < 1.29 is 9.90 Å². The van der Waals surface area contributed by atoms with Crippen LogP contribution in [-0.4, -0.2) is 25.7 Å². The van der Waals surface area contributed by atoms with Crippen molar-refractivity contribution in [3.05, 3.63) is 28.6 Å². The van der Waals surface area contributed by atoms with E-state index in [-0.39, 0.29) is 6.42 Å². The first-order valence-corrected chi connectivity index (χ1v) is 4.67. The molecule has 2 aromatic rings. The van der Waals surface area contributed by atoms with Crippen molar-refractivity contribution in [3.63, 3.8) is 0 Å². The molecular formula is C8H6BrN3O2. The zero-order valence-corrected chi connectivity index (χ0v) is 8.60. The molecule has 0 atom stereocenters. The van der Waals surface area contributed by atoms with Gasteiger partial charge in [-0.05, 0) is 28.1 Å². The lowest BCUT2D eigenvalue weighted by Gasteiger charge is -1.96. The minimum absolute atomic E-state index is 0.127. The van der Waals surface area contributed by atoms with E-state index in [4.69, 9.17) is 5.11 Å². The van der Waals surface area contributed by atoms with Crippen LogP contribution in [0.15, 0.2) is 22.8 Å². The van der Waals surface area contributed by atoms with E-state index in [1.807, 2.05) is 6.07 Å². The Hall–Kier alpha value is -1.43. The number of rotatable bonds is 2. The van der Waals surface area contributed by atoms with Gasteiger partial charge in [-0.1, -0.05) is 0 Å². The summed E-state index contributed by atoms with van der Waals surface area (Å²) in [6.45, 7) is 0. The fourth-order valence-corrected chi connectivity index (χ4v) is 1.51. The summed E-state index contributed by atoms with van der Waals surface area (Å²) in [5.41, 5.74) is 0.643. The van der Waals surface area contributed by atoms with Crippen LogP contribution in [0.2, 0.25) is 0 Å². The number of aliphatic carboxylic acids is 1. The van der Waals surface area contributed by atoms with Crippen LogP contribution >= 0.6 is 15.9 Å². The van der Waals surface area contributed by atoms with Crippen LogP contribution in [0.3, 0.4) is 0 Å². The third kappa shape index (κ3) is 1.60. The molecule has 0 saturated carbocycles. The number of carboxylic acid groups (broad SMARTS) is 1. The lowest BCUT2D eigenvalue weighted by atomic mass is 10.4. The second-order valence-corrected chi connectivity index (χ2v) is 3.68. The molecule has 72 valence electrons. The second kappa shape index (κ2) is 3.38. The van der Waals surface area contributed by atoms with E-state index >= 15 is 0 Å². The van der Waals surface area contributed by atoms with Gasteiger partial charge < -0.3 is 5.11 Å². The highest BCUT2D eigenvalue weighted by Crippen LogP contribution is 2.12. The normalized spacial score (nSPS) is 10.6. The van der Waals surface area contributed by atoms with Gasteiger partial charge in [0, 0.05) is 10.7 Å². The van der Waals surface area contributed by atoms with Crippen molar-refractivity contribution in [2.24, 2.45) is 0 Å². The molecule has 0 aromatic carbocycles. The fourth-order valence-electron chi connectivity index (χ4n) is 1.17. The van der Waals surface area contributed by atoms with Crippen LogP contribution in [0, 0.1) is 0 Å². The molecule has 0 spiro atoms. The third-order valence-corrected chi connectivity index (χ3v) is 2.22. The van der Waals surface area contributed by atoms with Gasteiger partial charge in [-0.2, -0.15) is 0 Å². The van der Waals surface area contributed by atoms with Crippen molar-refractivity contribution in [1.82, 2.24) is 14.6 Å². The number of fused-ring (bicyclic) bond motifs is 1. The third-order valence-electron chi connectivity index (χ3n) is 1.75. The Morgan fingerprint density at radius 2 is 2.29 bits per heavy atom. The molecule has 0 aliphatic rings. The molecule has 2 rings (SSSR count). The first kappa shape index (κ1) is 9.14. The van der Waals surface area contributed by atoms with E-state index in [2.05, 4.69) is 26.1 Å². The fraction of sp³-hybridized carbons (Fsp3) is 0.125. The van der Waals surface area contributed by atoms with Crippen molar-refractivity contribution >= 4 is 27.5 Å². The summed E-state index contributed by atoms with van der Waals surface area (Å²) >= 11 is 3.29. The molecule has 5 nitrogen and oxygen atoms in total. The predicted octanol–water partition coefficient (Wildman–Crippen LogP) is 1.12. The first-order valence-electron chi connectivity index (χ1n) is 3.88. The maximum Gasteiger partial charge on any atom is 0.311 e.